The van der Waals surface area contributed by atoms with Crippen molar-refractivity contribution in [3.05, 3.63) is 27.7 Å². The Bertz CT molecular complexity index is 333. The van der Waals surface area contributed by atoms with Gasteiger partial charge in [0.2, 0.25) is 0 Å². The van der Waals surface area contributed by atoms with Gasteiger partial charge in [0.1, 0.15) is 11.3 Å². The largest absolute Gasteiger partial charge is 0.507 e. The quantitative estimate of drug-likeness (QED) is 0.778. The highest BCUT2D eigenvalue weighted by atomic mass is 79.9. The first-order valence-electron chi connectivity index (χ1n) is 3.25. The summed E-state index contributed by atoms with van der Waals surface area (Å²) in [4.78, 5) is 10.5. The van der Waals surface area contributed by atoms with Crippen LogP contribution in [0.1, 0.15) is 15.9 Å². The number of halogens is 1. The second-order valence-corrected chi connectivity index (χ2v) is 3.23. The molecule has 2 N–H and O–H groups in total. The molecule has 0 aliphatic rings. The van der Waals surface area contributed by atoms with E-state index in [9.17, 15) is 9.90 Å². The van der Waals surface area contributed by atoms with Gasteiger partial charge in [-0.2, -0.15) is 0 Å². The summed E-state index contributed by atoms with van der Waals surface area (Å²) in [6, 6.07) is 2.95. The maximum atomic E-state index is 10.5. The third-order valence-electron chi connectivity index (χ3n) is 1.60. The van der Waals surface area contributed by atoms with Crippen LogP contribution >= 0.6 is 15.9 Å². The average molecular weight is 231 g/mol. The number of hydrogen-bond donors (Lipinski definition) is 2. The maximum Gasteiger partial charge on any atom is 0.339 e. The van der Waals surface area contributed by atoms with Gasteiger partial charge in [0.25, 0.3) is 0 Å². The summed E-state index contributed by atoms with van der Waals surface area (Å²) >= 11 is 3.18. The van der Waals surface area contributed by atoms with Crippen molar-refractivity contribution >= 4 is 21.9 Å². The molecule has 0 heterocycles. The van der Waals surface area contributed by atoms with Gasteiger partial charge in [0, 0.05) is 10.0 Å². The third kappa shape index (κ3) is 1.43. The van der Waals surface area contributed by atoms with Crippen LogP contribution in [0.5, 0.6) is 5.75 Å². The lowest BCUT2D eigenvalue weighted by atomic mass is 10.1. The van der Waals surface area contributed by atoms with Gasteiger partial charge in [-0.3, -0.25) is 0 Å². The van der Waals surface area contributed by atoms with Crippen molar-refractivity contribution in [2.75, 3.05) is 0 Å². The molecular weight excluding hydrogens is 224 g/mol. The van der Waals surface area contributed by atoms with E-state index in [4.69, 9.17) is 5.11 Å². The molecule has 0 bridgehead atoms. The van der Waals surface area contributed by atoms with Gasteiger partial charge in [0.05, 0.1) is 0 Å². The molecule has 0 aliphatic heterocycles. The molecule has 1 aromatic rings. The van der Waals surface area contributed by atoms with E-state index in [-0.39, 0.29) is 11.3 Å². The predicted octanol–water partition coefficient (Wildman–Crippen LogP) is 2.16. The first kappa shape index (κ1) is 9.06. The fourth-order valence-electron chi connectivity index (χ4n) is 0.848. The van der Waals surface area contributed by atoms with Crippen molar-refractivity contribution in [1.82, 2.24) is 0 Å². The first-order chi connectivity index (χ1) is 5.54. The van der Waals surface area contributed by atoms with Crippen LogP contribution in [-0.2, 0) is 0 Å². The minimum absolute atomic E-state index is 0.0734. The number of phenols is 1. The van der Waals surface area contributed by atoms with E-state index in [1.54, 1.807) is 13.0 Å². The van der Waals surface area contributed by atoms with Crippen molar-refractivity contribution in [3.8, 4) is 5.75 Å². The Morgan fingerprint density at radius 2 is 2.08 bits per heavy atom. The van der Waals surface area contributed by atoms with Crippen molar-refractivity contribution in [3.63, 3.8) is 0 Å². The van der Waals surface area contributed by atoms with E-state index < -0.39 is 5.97 Å². The lowest BCUT2D eigenvalue weighted by Crippen LogP contribution is -1.97. The van der Waals surface area contributed by atoms with Crippen LogP contribution < -0.4 is 0 Å². The Balaban J connectivity index is 3.36. The van der Waals surface area contributed by atoms with Gasteiger partial charge in [0.15, 0.2) is 0 Å². The number of rotatable bonds is 1. The summed E-state index contributed by atoms with van der Waals surface area (Å²) in [6.07, 6.45) is 0. The molecule has 1 rings (SSSR count). The van der Waals surface area contributed by atoms with Crippen molar-refractivity contribution in [2.45, 2.75) is 6.92 Å². The highest BCUT2D eigenvalue weighted by Crippen LogP contribution is 2.28. The standard InChI is InChI=1S/C8H7BrO3/c1-4-6(9)3-2-5(7(4)10)8(11)12/h2-3,10H,1H3,(H,11,12). The lowest BCUT2D eigenvalue weighted by molar-refractivity contribution is 0.0693. The van der Waals surface area contributed by atoms with Crippen LogP contribution in [-0.4, -0.2) is 16.2 Å². The SMILES string of the molecule is Cc1c(Br)ccc(C(=O)O)c1O. The molecule has 12 heavy (non-hydrogen) atoms. The van der Waals surface area contributed by atoms with Crippen LogP contribution in [0.3, 0.4) is 0 Å². The van der Waals surface area contributed by atoms with Crippen molar-refractivity contribution in [1.29, 1.82) is 0 Å². The predicted molar refractivity (Wildman–Crippen MR) is 47.5 cm³/mol. The number of hydrogen-bond acceptors (Lipinski definition) is 2. The highest BCUT2D eigenvalue weighted by Gasteiger charge is 2.12. The topological polar surface area (TPSA) is 57.5 Å². The average Bonchev–Trinajstić information content (AvgIpc) is 2.00. The van der Waals surface area contributed by atoms with E-state index in [1.165, 1.54) is 6.07 Å². The first-order valence-corrected chi connectivity index (χ1v) is 4.04. The number of benzene rings is 1. The Kier molecular flexibility index (Phi) is 2.38. The second kappa shape index (κ2) is 3.15. The van der Waals surface area contributed by atoms with Crippen molar-refractivity contribution < 1.29 is 15.0 Å². The van der Waals surface area contributed by atoms with Crippen LogP contribution in [0.25, 0.3) is 0 Å². The van der Waals surface area contributed by atoms with Crippen LogP contribution in [0.2, 0.25) is 0 Å². The highest BCUT2D eigenvalue weighted by molar-refractivity contribution is 9.10. The lowest BCUT2D eigenvalue weighted by Gasteiger charge is -2.04. The third-order valence-corrected chi connectivity index (χ3v) is 2.45. The van der Waals surface area contributed by atoms with E-state index in [2.05, 4.69) is 15.9 Å². The van der Waals surface area contributed by atoms with Crippen LogP contribution in [0.4, 0.5) is 0 Å². The van der Waals surface area contributed by atoms with Gasteiger partial charge < -0.3 is 10.2 Å². The summed E-state index contributed by atoms with van der Waals surface area (Å²) < 4.78 is 0.699. The van der Waals surface area contributed by atoms with Crippen LogP contribution in [0, 0.1) is 6.92 Å². The zero-order chi connectivity index (χ0) is 9.30. The number of aromatic hydroxyl groups is 1. The monoisotopic (exact) mass is 230 g/mol. The molecule has 3 nitrogen and oxygen atoms in total. The van der Waals surface area contributed by atoms with Gasteiger partial charge in [-0.1, -0.05) is 15.9 Å². The van der Waals surface area contributed by atoms with Crippen molar-refractivity contribution in [2.24, 2.45) is 0 Å². The molecule has 0 amide bonds. The van der Waals surface area contributed by atoms with Gasteiger partial charge >= 0.3 is 5.97 Å². The molecule has 0 aromatic heterocycles. The van der Waals surface area contributed by atoms with E-state index in [1.807, 2.05) is 0 Å². The normalized spacial score (nSPS) is 9.83. The second-order valence-electron chi connectivity index (χ2n) is 2.37. The Morgan fingerprint density at radius 1 is 1.50 bits per heavy atom. The molecule has 0 unspecified atom stereocenters. The molecule has 1 aromatic carbocycles. The number of carboxylic acid groups (broad SMARTS) is 1. The fourth-order valence-corrected chi connectivity index (χ4v) is 1.17. The molecule has 64 valence electrons. The Morgan fingerprint density at radius 3 is 2.58 bits per heavy atom. The van der Waals surface area contributed by atoms with Crippen LogP contribution in [0.15, 0.2) is 16.6 Å². The number of carbonyl (C=O) groups is 1. The fraction of sp³-hybridized carbons (Fsp3) is 0.125. The summed E-state index contributed by atoms with van der Waals surface area (Å²) in [5.74, 6) is -1.31. The molecule has 0 aliphatic carbocycles. The molecular formula is C8H7BrO3. The Hall–Kier alpha value is -1.03. The zero-order valence-electron chi connectivity index (χ0n) is 6.34. The summed E-state index contributed by atoms with van der Waals surface area (Å²) in [7, 11) is 0. The summed E-state index contributed by atoms with van der Waals surface area (Å²) in [5, 5.41) is 17.9. The Labute approximate surface area is 77.8 Å². The van der Waals surface area contributed by atoms with Gasteiger partial charge in [-0.15, -0.1) is 0 Å². The van der Waals surface area contributed by atoms with E-state index in [0.717, 1.165) is 0 Å². The van der Waals surface area contributed by atoms with Gasteiger partial charge in [-0.25, -0.2) is 4.79 Å². The molecule has 0 spiro atoms. The maximum absolute atomic E-state index is 10.5. The van der Waals surface area contributed by atoms with Gasteiger partial charge in [-0.05, 0) is 19.1 Å². The van der Waals surface area contributed by atoms with E-state index >= 15 is 0 Å². The number of carboxylic acids is 1. The minimum atomic E-state index is -1.12. The summed E-state index contributed by atoms with van der Waals surface area (Å²) in [5.41, 5.74) is 0.464. The summed E-state index contributed by atoms with van der Waals surface area (Å²) in [6.45, 7) is 1.64. The molecule has 0 fully saturated rings. The molecule has 0 atom stereocenters. The van der Waals surface area contributed by atoms with E-state index in [0.29, 0.717) is 10.0 Å². The number of aromatic carboxylic acids is 1. The molecule has 0 saturated heterocycles. The minimum Gasteiger partial charge on any atom is -0.507 e. The molecule has 0 saturated carbocycles. The molecule has 0 radical (unpaired) electrons. The zero-order valence-corrected chi connectivity index (χ0v) is 7.92. The smallest absolute Gasteiger partial charge is 0.339 e. The molecule has 4 heteroatoms.